The molecule has 3 atom stereocenters. The maximum atomic E-state index is 3.76. The summed E-state index contributed by atoms with van der Waals surface area (Å²) in [5.74, 6) is 0.757. The molecule has 2 nitrogen and oxygen atoms in total. The second-order valence-corrected chi connectivity index (χ2v) is 6.75. The Morgan fingerprint density at radius 1 is 1.05 bits per heavy atom. The fourth-order valence-electron chi connectivity index (χ4n) is 4.33. The predicted octanol–water partition coefficient (Wildman–Crippen LogP) is 3.79. The molecule has 0 radical (unpaired) electrons. The molecule has 0 bridgehead atoms. The van der Waals surface area contributed by atoms with Gasteiger partial charge in [-0.15, -0.1) is 0 Å². The zero-order valence-electron chi connectivity index (χ0n) is 13.4. The number of benzene rings is 1. The number of hydrogen-bond acceptors (Lipinski definition) is 2. The first-order valence-corrected chi connectivity index (χ1v) is 8.91. The van der Waals surface area contributed by atoms with Crippen molar-refractivity contribution in [2.45, 2.75) is 63.5 Å². The third-order valence-corrected chi connectivity index (χ3v) is 5.41. The number of rotatable bonds is 4. The largest absolute Gasteiger partial charge is 0.313 e. The zero-order chi connectivity index (χ0) is 14.5. The summed E-state index contributed by atoms with van der Waals surface area (Å²) < 4.78 is 0. The monoisotopic (exact) mass is 286 g/mol. The van der Waals surface area contributed by atoms with Crippen LogP contribution in [0.2, 0.25) is 0 Å². The predicted molar refractivity (Wildman–Crippen MR) is 89.7 cm³/mol. The molecule has 1 aliphatic carbocycles. The van der Waals surface area contributed by atoms with E-state index in [0.29, 0.717) is 6.04 Å². The molecule has 1 aromatic rings. The Labute approximate surface area is 129 Å². The molecule has 21 heavy (non-hydrogen) atoms. The van der Waals surface area contributed by atoms with E-state index >= 15 is 0 Å². The number of likely N-dealkylation sites (tertiary alicyclic amines) is 1. The standard InChI is InChI=1S/C19H30N2/c1-2-20-18-12-11-17(16-9-5-3-6-10-16)15-19(18)21-13-7-4-8-14-21/h3,5-6,9-10,17-20H,2,4,7-8,11-15H2,1H3. The highest BCUT2D eigenvalue weighted by Gasteiger charge is 2.34. The maximum absolute atomic E-state index is 3.76. The molecule has 3 unspecified atom stereocenters. The van der Waals surface area contributed by atoms with Crippen LogP contribution in [0.5, 0.6) is 0 Å². The van der Waals surface area contributed by atoms with Crippen LogP contribution in [0.3, 0.4) is 0 Å². The van der Waals surface area contributed by atoms with Gasteiger partial charge in [0.05, 0.1) is 0 Å². The van der Waals surface area contributed by atoms with E-state index in [1.807, 2.05) is 0 Å². The van der Waals surface area contributed by atoms with E-state index in [2.05, 4.69) is 47.5 Å². The number of piperidine rings is 1. The highest BCUT2D eigenvalue weighted by Crippen LogP contribution is 2.36. The summed E-state index contributed by atoms with van der Waals surface area (Å²) in [4.78, 5) is 2.78. The van der Waals surface area contributed by atoms with Crippen molar-refractivity contribution in [2.24, 2.45) is 0 Å². The summed E-state index contributed by atoms with van der Waals surface area (Å²) in [5, 5.41) is 3.76. The van der Waals surface area contributed by atoms with Crippen LogP contribution in [0.4, 0.5) is 0 Å². The third kappa shape index (κ3) is 3.67. The fourth-order valence-corrected chi connectivity index (χ4v) is 4.33. The minimum absolute atomic E-state index is 0.702. The summed E-state index contributed by atoms with van der Waals surface area (Å²) in [6.07, 6.45) is 8.22. The average Bonchev–Trinajstić information content (AvgIpc) is 2.57. The number of nitrogens with one attached hydrogen (secondary N) is 1. The Bertz CT molecular complexity index is 406. The Balaban J connectivity index is 1.71. The van der Waals surface area contributed by atoms with Crippen molar-refractivity contribution < 1.29 is 0 Å². The second kappa shape index (κ2) is 7.42. The Kier molecular flexibility index (Phi) is 5.32. The van der Waals surface area contributed by atoms with Crippen molar-refractivity contribution in [3.63, 3.8) is 0 Å². The van der Waals surface area contributed by atoms with Gasteiger partial charge in [0.25, 0.3) is 0 Å². The zero-order valence-corrected chi connectivity index (χ0v) is 13.4. The van der Waals surface area contributed by atoms with Crippen LogP contribution in [0.25, 0.3) is 0 Å². The maximum Gasteiger partial charge on any atom is 0.0255 e. The van der Waals surface area contributed by atoms with E-state index in [0.717, 1.165) is 18.5 Å². The van der Waals surface area contributed by atoms with Gasteiger partial charge in [0.1, 0.15) is 0 Å². The molecule has 3 rings (SSSR count). The highest BCUT2D eigenvalue weighted by molar-refractivity contribution is 5.21. The lowest BCUT2D eigenvalue weighted by molar-refractivity contribution is 0.0941. The van der Waals surface area contributed by atoms with Gasteiger partial charge in [-0.3, -0.25) is 4.90 Å². The lowest BCUT2D eigenvalue weighted by atomic mass is 9.77. The molecule has 0 amide bonds. The minimum atomic E-state index is 0.702. The van der Waals surface area contributed by atoms with Gasteiger partial charge in [-0.25, -0.2) is 0 Å². The Morgan fingerprint density at radius 2 is 1.81 bits per heavy atom. The van der Waals surface area contributed by atoms with Gasteiger partial charge < -0.3 is 5.32 Å². The molecule has 1 aromatic carbocycles. The number of likely N-dealkylation sites (N-methyl/N-ethyl adjacent to an activating group) is 1. The summed E-state index contributed by atoms with van der Waals surface area (Å²) >= 11 is 0. The van der Waals surface area contributed by atoms with Gasteiger partial charge in [0.15, 0.2) is 0 Å². The molecule has 2 heteroatoms. The van der Waals surface area contributed by atoms with Gasteiger partial charge in [-0.05, 0) is 63.2 Å². The van der Waals surface area contributed by atoms with Crippen molar-refractivity contribution >= 4 is 0 Å². The first-order chi connectivity index (χ1) is 10.4. The quantitative estimate of drug-likeness (QED) is 0.906. The second-order valence-electron chi connectivity index (χ2n) is 6.75. The van der Waals surface area contributed by atoms with E-state index in [9.17, 15) is 0 Å². The van der Waals surface area contributed by atoms with Crippen LogP contribution in [-0.2, 0) is 0 Å². The van der Waals surface area contributed by atoms with Crippen LogP contribution in [0, 0.1) is 0 Å². The molecule has 2 aliphatic rings. The van der Waals surface area contributed by atoms with Crippen molar-refractivity contribution in [1.82, 2.24) is 10.2 Å². The number of hydrogen-bond donors (Lipinski definition) is 1. The van der Waals surface area contributed by atoms with Gasteiger partial charge in [-0.2, -0.15) is 0 Å². The molecular formula is C19H30N2. The van der Waals surface area contributed by atoms with E-state index < -0.39 is 0 Å². The molecule has 1 N–H and O–H groups in total. The van der Waals surface area contributed by atoms with Crippen molar-refractivity contribution in [2.75, 3.05) is 19.6 Å². The van der Waals surface area contributed by atoms with Gasteiger partial charge in [0, 0.05) is 12.1 Å². The molecule has 1 saturated heterocycles. The van der Waals surface area contributed by atoms with E-state index in [1.165, 1.54) is 51.6 Å². The molecule has 1 aliphatic heterocycles. The fraction of sp³-hybridized carbons (Fsp3) is 0.684. The topological polar surface area (TPSA) is 15.3 Å². The molecular weight excluding hydrogens is 256 g/mol. The van der Waals surface area contributed by atoms with E-state index in [1.54, 1.807) is 5.56 Å². The highest BCUT2D eigenvalue weighted by atomic mass is 15.2. The summed E-state index contributed by atoms with van der Waals surface area (Å²) in [5.41, 5.74) is 1.55. The molecule has 0 aromatic heterocycles. The lowest BCUT2D eigenvalue weighted by Crippen LogP contribution is -2.54. The lowest BCUT2D eigenvalue weighted by Gasteiger charge is -2.44. The third-order valence-electron chi connectivity index (χ3n) is 5.41. The molecule has 1 heterocycles. The van der Waals surface area contributed by atoms with Crippen LogP contribution >= 0.6 is 0 Å². The number of nitrogens with zero attached hydrogens (tertiary/aromatic N) is 1. The van der Waals surface area contributed by atoms with Crippen LogP contribution in [0.1, 0.15) is 56.9 Å². The minimum Gasteiger partial charge on any atom is -0.313 e. The first-order valence-electron chi connectivity index (χ1n) is 8.91. The van der Waals surface area contributed by atoms with E-state index in [4.69, 9.17) is 0 Å². The Hall–Kier alpha value is -0.860. The normalized spacial score (nSPS) is 31.2. The van der Waals surface area contributed by atoms with Gasteiger partial charge >= 0.3 is 0 Å². The van der Waals surface area contributed by atoms with Crippen molar-refractivity contribution in [3.05, 3.63) is 35.9 Å². The molecule has 0 spiro atoms. The first kappa shape index (κ1) is 15.1. The van der Waals surface area contributed by atoms with Gasteiger partial charge in [-0.1, -0.05) is 43.7 Å². The van der Waals surface area contributed by atoms with Crippen LogP contribution in [0.15, 0.2) is 30.3 Å². The van der Waals surface area contributed by atoms with Crippen LogP contribution < -0.4 is 5.32 Å². The summed E-state index contributed by atoms with van der Waals surface area (Å²) in [6.45, 7) is 5.98. The molecule has 2 fully saturated rings. The van der Waals surface area contributed by atoms with E-state index in [-0.39, 0.29) is 0 Å². The SMILES string of the molecule is CCNC1CCC(c2ccccc2)CC1N1CCCCC1. The summed E-state index contributed by atoms with van der Waals surface area (Å²) in [6, 6.07) is 12.6. The average molecular weight is 286 g/mol. The molecule has 1 saturated carbocycles. The molecule has 116 valence electrons. The van der Waals surface area contributed by atoms with Crippen LogP contribution in [-0.4, -0.2) is 36.6 Å². The van der Waals surface area contributed by atoms with Crippen molar-refractivity contribution in [3.8, 4) is 0 Å². The van der Waals surface area contributed by atoms with Gasteiger partial charge in [0.2, 0.25) is 0 Å². The Morgan fingerprint density at radius 3 is 2.52 bits per heavy atom. The smallest absolute Gasteiger partial charge is 0.0255 e. The van der Waals surface area contributed by atoms with Crippen molar-refractivity contribution in [1.29, 1.82) is 0 Å². The summed E-state index contributed by atoms with van der Waals surface area (Å²) in [7, 11) is 0.